The molecule has 2 aromatic carbocycles. The molecule has 1 aliphatic rings. The summed E-state index contributed by atoms with van der Waals surface area (Å²) < 4.78 is 2.56. The summed E-state index contributed by atoms with van der Waals surface area (Å²) in [4.78, 5) is 6.53. The highest BCUT2D eigenvalue weighted by molar-refractivity contribution is 7.14. The third kappa shape index (κ3) is 5.89. The van der Waals surface area contributed by atoms with E-state index in [4.69, 9.17) is 0 Å². The van der Waals surface area contributed by atoms with Crippen LogP contribution >= 0.6 is 68.0 Å². The van der Waals surface area contributed by atoms with Crippen molar-refractivity contribution in [1.29, 1.82) is 0 Å². The molecule has 6 heteroatoms. The summed E-state index contributed by atoms with van der Waals surface area (Å²) in [6.07, 6.45) is 0. The van der Waals surface area contributed by atoms with Gasteiger partial charge in [-0.2, -0.15) is 22.7 Å². The van der Waals surface area contributed by atoms with Crippen molar-refractivity contribution in [1.82, 2.24) is 0 Å². The lowest BCUT2D eigenvalue weighted by Crippen LogP contribution is -2.05. The third-order valence-corrected chi connectivity index (χ3v) is 14.1. The van der Waals surface area contributed by atoms with Crippen LogP contribution in [0.15, 0.2) is 177 Å². The lowest BCUT2D eigenvalue weighted by atomic mass is 9.98. The highest BCUT2D eigenvalue weighted by Gasteiger charge is 2.36. The number of rotatable bonds is 9. The predicted octanol–water partition coefficient (Wildman–Crippen LogP) is 12.0. The molecule has 0 radical (unpaired) electrons. The van der Waals surface area contributed by atoms with E-state index in [2.05, 4.69) is 160 Å². The van der Waals surface area contributed by atoms with E-state index >= 15 is 0 Å². The molecule has 0 atom stereocenters. The molecular formula is C43H27S6-. The summed E-state index contributed by atoms with van der Waals surface area (Å²) in [5, 5.41) is 11.0. The van der Waals surface area contributed by atoms with Crippen LogP contribution in [0, 0.1) is 5.92 Å². The molecule has 236 valence electrons. The van der Waals surface area contributed by atoms with Crippen LogP contribution in [0.25, 0.3) is 16.7 Å². The first kappa shape index (κ1) is 30.8. The molecule has 0 fully saturated rings. The lowest BCUT2D eigenvalue weighted by molar-refractivity contribution is 1.37. The Hall–Kier alpha value is -4.27. The summed E-state index contributed by atoms with van der Waals surface area (Å²) in [7, 11) is 0. The van der Waals surface area contributed by atoms with Crippen molar-refractivity contribution in [3.8, 4) is 0 Å². The van der Waals surface area contributed by atoms with Crippen molar-refractivity contribution in [3.63, 3.8) is 0 Å². The molecule has 49 heavy (non-hydrogen) atoms. The van der Waals surface area contributed by atoms with Crippen molar-refractivity contribution < 1.29 is 0 Å². The molecule has 9 rings (SSSR count). The predicted molar refractivity (Wildman–Crippen MR) is 217 cm³/mol. The number of thiophene rings is 6. The molecule has 0 saturated carbocycles. The fourth-order valence-corrected chi connectivity index (χ4v) is 11.7. The van der Waals surface area contributed by atoms with Crippen molar-refractivity contribution in [2.24, 2.45) is 0 Å². The third-order valence-electron chi connectivity index (χ3n) is 8.50. The molecule has 0 spiro atoms. The topological polar surface area (TPSA) is 0 Å². The van der Waals surface area contributed by atoms with Gasteiger partial charge in [-0.05, 0) is 89.3 Å². The van der Waals surface area contributed by atoms with Crippen LogP contribution < -0.4 is 9.06 Å². The lowest BCUT2D eigenvalue weighted by Gasteiger charge is -2.18. The van der Waals surface area contributed by atoms with E-state index in [0.29, 0.717) is 0 Å². The molecule has 8 aromatic rings. The largest absolute Gasteiger partial charge is 0.161 e. The Bertz CT molecular complexity index is 2380. The second-order valence-corrected chi connectivity index (χ2v) is 17.2. The van der Waals surface area contributed by atoms with Gasteiger partial charge in [0.25, 0.3) is 0 Å². The Morgan fingerprint density at radius 2 is 0.837 bits per heavy atom. The van der Waals surface area contributed by atoms with E-state index in [0.717, 1.165) is 0 Å². The van der Waals surface area contributed by atoms with Crippen molar-refractivity contribution in [3.05, 3.63) is 228 Å². The van der Waals surface area contributed by atoms with Gasteiger partial charge in [0.1, 0.15) is 0 Å². The van der Waals surface area contributed by atoms with E-state index < -0.39 is 0 Å². The maximum Gasteiger partial charge on any atom is 0.0361 e. The summed E-state index contributed by atoms with van der Waals surface area (Å²) in [5.41, 5.74) is 10.5. The number of benzene rings is 2. The van der Waals surface area contributed by atoms with Gasteiger partial charge >= 0.3 is 0 Å². The molecule has 6 heterocycles. The molecule has 0 N–H and O–H groups in total. The monoisotopic (exact) mass is 735 g/mol. The first-order chi connectivity index (χ1) is 24.3. The van der Waals surface area contributed by atoms with Gasteiger partial charge in [-0.15, -0.1) is 63.1 Å². The highest BCUT2D eigenvalue weighted by atomic mass is 32.1. The van der Waals surface area contributed by atoms with Gasteiger partial charge in [0.05, 0.1) is 0 Å². The molecule has 0 nitrogen and oxygen atoms in total. The van der Waals surface area contributed by atoms with Crippen molar-refractivity contribution in [2.75, 3.05) is 0 Å². The molecule has 0 saturated heterocycles. The van der Waals surface area contributed by atoms with Crippen LogP contribution in [0.3, 0.4) is 0 Å². The second-order valence-electron chi connectivity index (χ2n) is 11.4. The van der Waals surface area contributed by atoms with Gasteiger partial charge in [0, 0.05) is 29.3 Å². The Morgan fingerprint density at radius 1 is 0.388 bits per heavy atom. The minimum absolute atomic E-state index is 1.23. The van der Waals surface area contributed by atoms with Gasteiger partial charge in [0.15, 0.2) is 0 Å². The van der Waals surface area contributed by atoms with Crippen LogP contribution in [-0.2, 0) is 0 Å². The number of hydrogen-bond donors (Lipinski definition) is 0. The Balaban J connectivity index is 1.38. The summed E-state index contributed by atoms with van der Waals surface area (Å²) in [5.74, 6) is 1.34. The van der Waals surface area contributed by atoms with Gasteiger partial charge in [0.2, 0.25) is 0 Å². The smallest absolute Gasteiger partial charge is 0.0361 e. The van der Waals surface area contributed by atoms with Gasteiger partial charge in [-0.1, -0.05) is 108 Å². The van der Waals surface area contributed by atoms with Crippen molar-refractivity contribution >= 4 is 84.7 Å². The average Bonchev–Trinajstić information content (AvgIpc) is 3.94. The SMILES string of the molecule is c1ccc(C(c2ccccc2)=c2ccc(=C(C3=C([C-](c4cccs4)c4cccs4)C3=C(c3cccs3)c3cccs3)c3cccs3)s2)cc1. The van der Waals surface area contributed by atoms with Crippen LogP contribution in [0.2, 0.25) is 0 Å². The molecule has 0 bridgehead atoms. The van der Waals surface area contributed by atoms with Gasteiger partial charge in [-0.25, -0.2) is 0 Å². The van der Waals surface area contributed by atoms with E-state index in [1.165, 1.54) is 83.9 Å². The Morgan fingerprint density at radius 3 is 1.29 bits per heavy atom. The summed E-state index contributed by atoms with van der Waals surface area (Å²) >= 11 is 11.0. The Labute approximate surface area is 309 Å². The van der Waals surface area contributed by atoms with Gasteiger partial charge in [-0.3, -0.25) is 0 Å². The minimum atomic E-state index is 1.23. The Kier molecular flexibility index (Phi) is 8.51. The molecular weight excluding hydrogens is 709 g/mol. The van der Waals surface area contributed by atoms with Crippen LogP contribution in [0.5, 0.6) is 0 Å². The van der Waals surface area contributed by atoms with E-state index in [1.54, 1.807) is 0 Å². The second kappa shape index (κ2) is 13.6. The average molecular weight is 736 g/mol. The van der Waals surface area contributed by atoms with Crippen molar-refractivity contribution in [2.45, 2.75) is 0 Å². The van der Waals surface area contributed by atoms with E-state index in [1.807, 2.05) is 68.0 Å². The summed E-state index contributed by atoms with van der Waals surface area (Å²) in [6.45, 7) is 0. The zero-order valence-corrected chi connectivity index (χ0v) is 30.9. The van der Waals surface area contributed by atoms with Crippen LogP contribution in [0.4, 0.5) is 0 Å². The maximum atomic E-state index is 2.35. The highest BCUT2D eigenvalue weighted by Crippen LogP contribution is 2.60. The quantitative estimate of drug-likeness (QED) is 0.130. The van der Waals surface area contributed by atoms with Crippen LogP contribution in [0.1, 0.15) is 35.5 Å². The summed E-state index contributed by atoms with van der Waals surface area (Å²) in [6, 6.07) is 48.7. The van der Waals surface area contributed by atoms with E-state index in [-0.39, 0.29) is 0 Å². The number of hydrogen-bond acceptors (Lipinski definition) is 6. The zero-order chi connectivity index (χ0) is 32.6. The normalized spacial score (nSPS) is 13.1. The minimum Gasteiger partial charge on any atom is -0.161 e. The van der Waals surface area contributed by atoms with E-state index in [9.17, 15) is 0 Å². The molecule has 1 aliphatic carbocycles. The van der Waals surface area contributed by atoms with Gasteiger partial charge < -0.3 is 0 Å². The molecule has 0 amide bonds. The first-order valence-corrected chi connectivity index (χ1v) is 21.1. The fraction of sp³-hybridized carbons (Fsp3) is 0. The zero-order valence-electron chi connectivity index (χ0n) is 26.0. The molecule has 0 unspecified atom stereocenters. The molecule has 0 aliphatic heterocycles. The standard InChI is InChI=1S/C43H27S6/c1-3-12-28(13-4-1)37(29-14-5-2-6-15-29)35-21-22-36(49-35)40(34-20-11-27-48-34)43-41(38(30-16-7-23-44-30)31-17-8-24-45-31)42(43)39(32-18-9-25-46-32)33-19-10-26-47-33/h1-27H/q-1. The maximum absolute atomic E-state index is 2.35. The van der Waals surface area contributed by atoms with Crippen LogP contribution in [-0.4, -0.2) is 0 Å². The number of allylic oxidation sites excluding steroid dienone is 3. The molecule has 6 aromatic heterocycles. The fourth-order valence-electron chi connectivity index (χ4n) is 6.41. The first-order valence-electron chi connectivity index (χ1n) is 15.9.